The summed E-state index contributed by atoms with van der Waals surface area (Å²) in [6.07, 6.45) is 1.41. The van der Waals surface area contributed by atoms with Gasteiger partial charge in [0, 0.05) is 15.8 Å². The molecule has 0 saturated carbocycles. The third-order valence-corrected chi connectivity index (χ3v) is 5.27. The highest BCUT2D eigenvalue weighted by molar-refractivity contribution is 9.10. The molecule has 2 amide bonds. The molecule has 0 aliphatic carbocycles. The molecule has 2 aromatic carbocycles. The largest absolute Gasteiger partial charge is 0.322 e. The molecule has 4 rings (SSSR count). The van der Waals surface area contributed by atoms with Crippen molar-refractivity contribution < 1.29 is 9.59 Å². The molecule has 0 bridgehead atoms. The van der Waals surface area contributed by atoms with Crippen LogP contribution in [0.3, 0.4) is 0 Å². The number of nitriles is 1. The molecule has 0 radical (unpaired) electrons. The highest BCUT2D eigenvalue weighted by Crippen LogP contribution is 2.28. The number of halogens is 1. The number of hydrogen-bond acceptors (Lipinski definition) is 4. The molecule has 0 fully saturated rings. The van der Waals surface area contributed by atoms with E-state index in [9.17, 15) is 9.59 Å². The molecule has 1 aliphatic heterocycles. The first kappa shape index (κ1) is 18.9. The van der Waals surface area contributed by atoms with Crippen LogP contribution in [0.25, 0.3) is 0 Å². The van der Waals surface area contributed by atoms with E-state index in [1.54, 1.807) is 33.8 Å². The van der Waals surface area contributed by atoms with E-state index < -0.39 is 5.91 Å². The average molecular weight is 450 g/mol. The summed E-state index contributed by atoms with van der Waals surface area (Å²) in [4.78, 5) is 27.8. The molecule has 1 aliphatic rings. The standard InChI is InChI=1S/C21H16BrN5O2/c1-13-12-26-19(21(29)27(13)17-7-5-15(22)6-8-17)18(11-24-26)20(28)25-16-4-2-3-14(9-16)10-23/h2-9,11,13H,12H2,1H3,(H,25,28). The summed E-state index contributed by atoms with van der Waals surface area (Å²) in [6, 6.07) is 16.0. The molecule has 1 N–H and O–H groups in total. The molecule has 1 atom stereocenters. The fourth-order valence-electron chi connectivity index (χ4n) is 3.40. The van der Waals surface area contributed by atoms with Crippen molar-refractivity contribution in [1.82, 2.24) is 9.78 Å². The number of aromatic nitrogens is 2. The van der Waals surface area contributed by atoms with E-state index in [-0.39, 0.29) is 23.2 Å². The van der Waals surface area contributed by atoms with Crippen molar-refractivity contribution >= 4 is 39.1 Å². The normalized spacial score (nSPS) is 15.6. The fourth-order valence-corrected chi connectivity index (χ4v) is 3.66. The maximum Gasteiger partial charge on any atom is 0.277 e. The van der Waals surface area contributed by atoms with Gasteiger partial charge >= 0.3 is 0 Å². The molecule has 0 saturated heterocycles. The number of amides is 2. The van der Waals surface area contributed by atoms with Crippen LogP contribution in [0, 0.1) is 11.3 Å². The molecule has 1 unspecified atom stereocenters. The van der Waals surface area contributed by atoms with Gasteiger partial charge in [-0.1, -0.05) is 22.0 Å². The lowest BCUT2D eigenvalue weighted by Gasteiger charge is -2.34. The Morgan fingerprint density at radius 3 is 2.76 bits per heavy atom. The number of carbonyl (C=O) groups excluding carboxylic acids is 2. The summed E-state index contributed by atoms with van der Waals surface area (Å²) in [5.74, 6) is -0.723. The topological polar surface area (TPSA) is 91.0 Å². The number of hydrogen-bond donors (Lipinski definition) is 1. The van der Waals surface area contributed by atoms with Crippen LogP contribution in [0.2, 0.25) is 0 Å². The van der Waals surface area contributed by atoms with Gasteiger partial charge in [0.25, 0.3) is 11.8 Å². The van der Waals surface area contributed by atoms with Gasteiger partial charge in [-0.25, -0.2) is 0 Å². The minimum atomic E-state index is -0.444. The molecular formula is C21H16BrN5O2. The third kappa shape index (κ3) is 3.52. The molecule has 3 aromatic rings. The zero-order valence-electron chi connectivity index (χ0n) is 15.5. The predicted octanol–water partition coefficient (Wildman–Crippen LogP) is 3.82. The predicted molar refractivity (Wildman–Crippen MR) is 112 cm³/mol. The lowest BCUT2D eigenvalue weighted by atomic mass is 10.1. The van der Waals surface area contributed by atoms with Crippen molar-refractivity contribution in [3.05, 3.63) is 76.0 Å². The molecule has 7 nitrogen and oxygen atoms in total. The maximum atomic E-state index is 13.3. The van der Waals surface area contributed by atoms with Gasteiger partial charge in [0.05, 0.1) is 36.0 Å². The van der Waals surface area contributed by atoms with E-state index in [0.717, 1.165) is 10.2 Å². The number of carbonyl (C=O) groups is 2. The zero-order chi connectivity index (χ0) is 20.5. The molecule has 29 heavy (non-hydrogen) atoms. The van der Waals surface area contributed by atoms with Crippen molar-refractivity contribution in [3.63, 3.8) is 0 Å². The van der Waals surface area contributed by atoms with Crippen molar-refractivity contribution in [2.45, 2.75) is 19.5 Å². The molecule has 1 aromatic heterocycles. The third-order valence-electron chi connectivity index (χ3n) is 4.74. The first-order valence-corrected chi connectivity index (χ1v) is 9.73. The Morgan fingerprint density at radius 2 is 2.03 bits per heavy atom. The van der Waals surface area contributed by atoms with E-state index in [0.29, 0.717) is 17.8 Å². The lowest BCUT2D eigenvalue weighted by Crippen LogP contribution is -2.47. The number of benzene rings is 2. The number of nitrogens with one attached hydrogen (secondary N) is 1. The van der Waals surface area contributed by atoms with Crippen LogP contribution in [0.4, 0.5) is 11.4 Å². The highest BCUT2D eigenvalue weighted by atomic mass is 79.9. The monoisotopic (exact) mass is 449 g/mol. The van der Waals surface area contributed by atoms with E-state index in [1.165, 1.54) is 6.20 Å². The molecular weight excluding hydrogens is 434 g/mol. The minimum absolute atomic E-state index is 0.112. The number of anilines is 2. The van der Waals surface area contributed by atoms with Gasteiger partial charge in [-0.3, -0.25) is 14.3 Å². The van der Waals surface area contributed by atoms with Crippen molar-refractivity contribution in [1.29, 1.82) is 5.26 Å². The summed E-state index contributed by atoms with van der Waals surface area (Å²) in [6.45, 7) is 2.42. The van der Waals surface area contributed by atoms with Crippen molar-refractivity contribution in [2.24, 2.45) is 0 Å². The summed E-state index contributed by atoms with van der Waals surface area (Å²) in [5.41, 5.74) is 2.12. The lowest BCUT2D eigenvalue weighted by molar-refractivity contribution is 0.0933. The Balaban J connectivity index is 1.66. The van der Waals surface area contributed by atoms with Crippen molar-refractivity contribution in [3.8, 4) is 6.07 Å². The smallest absolute Gasteiger partial charge is 0.277 e. The fraction of sp³-hybridized carbons (Fsp3) is 0.143. The number of rotatable bonds is 3. The van der Waals surface area contributed by atoms with Gasteiger partial charge in [0.1, 0.15) is 5.69 Å². The number of nitrogens with zero attached hydrogens (tertiary/aromatic N) is 4. The average Bonchev–Trinajstić information content (AvgIpc) is 3.13. The number of fused-ring (bicyclic) bond motifs is 1. The summed E-state index contributed by atoms with van der Waals surface area (Å²) < 4.78 is 2.49. The van der Waals surface area contributed by atoms with Crippen LogP contribution in [-0.4, -0.2) is 27.6 Å². The first-order chi connectivity index (χ1) is 14.0. The highest BCUT2D eigenvalue weighted by Gasteiger charge is 2.35. The molecule has 0 spiro atoms. The second-order valence-corrected chi connectivity index (χ2v) is 7.65. The Morgan fingerprint density at radius 1 is 1.28 bits per heavy atom. The molecule has 144 valence electrons. The summed E-state index contributed by atoms with van der Waals surface area (Å²) >= 11 is 3.40. The minimum Gasteiger partial charge on any atom is -0.322 e. The SMILES string of the molecule is CC1Cn2ncc(C(=O)Nc3cccc(C#N)c3)c2C(=O)N1c1ccc(Br)cc1. The maximum absolute atomic E-state index is 13.3. The summed E-state index contributed by atoms with van der Waals surface area (Å²) in [7, 11) is 0. The van der Waals surface area contributed by atoms with Gasteiger partial charge in [0.2, 0.25) is 0 Å². The van der Waals surface area contributed by atoms with E-state index in [4.69, 9.17) is 5.26 Å². The van der Waals surface area contributed by atoms with Gasteiger partial charge in [0.15, 0.2) is 0 Å². The van der Waals surface area contributed by atoms with Crippen LogP contribution < -0.4 is 10.2 Å². The van der Waals surface area contributed by atoms with Gasteiger partial charge in [-0.05, 0) is 49.4 Å². The Kier molecular flexibility index (Phi) is 4.91. The summed E-state index contributed by atoms with van der Waals surface area (Å²) in [5, 5.41) is 16.0. The van der Waals surface area contributed by atoms with Gasteiger partial charge in [-0.2, -0.15) is 10.4 Å². The van der Waals surface area contributed by atoms with Crippen LogP contribution in [0.1, 0.15) is 33.3 Å². The Hall–Kier alpha value is -3.44. The second-order valence-electron chi connectivity index (χ2n) is 6.74. The van der Waals surface area contributed by atoms with Crippen LogP contribution in [0.15, 0.2) is 59.2 Å². The van der Waals surface area contributed by atoms with Crippen LogP contribution in [-0.2, 0) is 6.54 Å². The van der Waals surface area contributed by atoms with Crippen molar-refractivity contribution in [2.75, 3.05) is 10.2 Å². The molecule has 2 heterocycles. The van der Waals surface area contributed by atoms with Crippen LogP contribution >= 0.6 is 15.9 Å². The zero-order valence-corrected chi connectivity index (χ0v) is 17.0. The second kappa shape index (κ2) is 7.53. The van der Waals surface area contributed by atoms with Gasteiger partial charge in [-0.15, -0.1) is 0 Å². The van der Waals surface area contributed by atoms with E-state index >= 15 is 0 Å². The van der Waals surface area contributed by atoms with E-state index in [2.05, 4.69) is 26.3 Å². The Bertz CT molecular complexity index is 1150. The van der Waals surface area contributed by atoms with Crippen LogP contribution in [0.5, 0.6) is 0 Å². The Labute approximate surface area is 175 Å². The molecule has 8 heteroatoms. The van der Waals surface area contributed by atoms with E-state index in [1.807, 2.05) is 37.3 Å². The first-order valence-electron chi connectivity index (χ1n) is 8.94. The van der Waals surface area contributed by atoms with Gasteiger partial charge < -0.3 is 10.2 Å². The quantitative estimate of drug-likeness (QED) is 0.657.